The Morgan fingerprint density at radius 1 is 1.31 bits per heavy atom. The number of amides is 1. The number of aromatic nitrogens is 1. The van der Waals surface area contributed by atoms with Crippen molar-refractivity contribution in [3.8, 4) is 11.3 Å². The van der Waals surface area contributed by atoms with Gasteiger partial charge in [-0.1, -0.05) is 12.1 Å². The highest BCUT2D eigenvalue weighted by molar-refractivity contribution is 5.76. The van der Waals surface area contributed by atoms with E-state index < -0.39 is 0 Å². The lowest BCUT2D eigenvalue weighted by molar-refractivity contribution is -0.121. The van der Waals surface area contributed by atoms with Gasteiger partial charge in [0.1, 0.15) is 5.82 Å². The van der Waals surface area contributed by atoms with Gasteiger partial charge in [0.25, 0.3) is 0 Å². The topological polar surface area (TPSA) is 70.4 Å². The number of hydrogen-bond acceptors (Lipinski definition) is 5. The molecular formula is C19H25FN4O2. The fraction of sp³-hybridized carbons (Fsp3) is 0.474. The van der Waals surface area contributed by atoms with Crippen LogP contribution in [-0.4, -0.2) is 55.1 Å². The molecule has 0 radical (unpaired) electrons. The smallest absolute Gasteiger partial charge is 0.220 e. The van der Waals surface area contributed by atoms with E-state index in [2.05, 4.69) is 20.5 Å². The predicted molar refractivity (Wildman–Crippen MR) is 97.2 cm³/mol. The van der Waals surface area contributed by atoms with Crippen LogP contribution in [0.25, 0.3) is 11.3 Å². The molecule has 1 fully saturated rings. The number of hydrogen-bond donors (Lipinski definition) is 2. The Kier molecular flexibility index (Phi) is 6.74. The van der Waals surface area contributed by atoms with E-state index >= 15 is 0 Å². The number of piperazine rings is 1. The average molecular weight is 360 g/mol. The Balaban J connectivity index is 1.36. The molecule has 1 aromatic carbocycles. The first-order chi connectivity index (χ1) is 12.7. The lowest BCUT2D eigenvalue weighted by atomic mass is 10.2. The van der Waals surface area contributed by atoms with Crippen LogP contribution in [0.2, 0.25) is 0 Å². The van der Waals surface area contributed by atoms with Crippen molar-refractivity contribution in [1.82, 2.24) is 20.5 Å². The van der Waals surface area contributed by atoms with Gasteiger partial charge in [-0.05, 0) is 25.1 Å². The molecule has 140 valence electrons. The first-order valence-electron chi connectivity index (χ1n) is 9.12. The van der Waals surface area contributed by atoms with Crippen molar-refractivity contribution in [1.29, 1.82) is 0 Å². The largest absolute Gasteiger partial charge is 0.441 e. The lowest BCUT2D eigenvalue weighted by Gasteiger charge is -2.27. The van der Waals surface area contributed by atoms with Gasteiger partial charge < -0.3 is 20.0 Å². The normalized spacial score (nSPS) is 15.1. The third-order valence-corrected chi connectivity index (χ3v) is 4.44. The first kappa shape index (κ1) is 18.5. The van der Waals surface area contributed by atoms with Crippen LogP contribution in [0, 0.1) is 5.82 Å². The fourth-order valence-electron chi connectivity index (χ4n) is 2.99. The molecule has 0 spiro atoms. The summed E-state index contributed by atoms with van der Waals surface area (Å²) in [6.45, 7) is 5.90. The molecule has 1 saturated heterocycles. The van der Waals surface area contributed by atoms with Crippen molar-refractivity contribution >= 4 is 5.91 Å². The first-order valence-corrected chi connectivity index (χ1v) is 9.12. The number of oxazole rings is 1. The number of carbonyl (C=O) groups is 1. The van der Waals surface area contributed by atoms with Crippen molar-refractivity contribution in [2.45, 2.75) is 19.3 Å². The molecule has 2 aromatic rings. The fourth-order valence-corrected chi connectivity index (χ4v) is 2.99. The highest BCUT2D eigenvalue weighted by Gasteiger charge is 2.12. The summed E-state index contributed by atoms with van der Waals surface area (Å²) >= 11 is 0. The molecule has 7 heteroatoms. The molecule has 3 rings (SSSR count). The number of nitrogens with one attached hydrogen (secondary N) is 2. The van der Waals surface area contributed by atoms with E-state index in [0.717, 1.165) is 39.1 Å². The van der Waals surface area contributed by atoms with Gasteiger partial charge in [0.05, 0.1) is 11.8 Å². The summed E-state index contributed by atoms with van der Waals surface area (Å²) in [5.74, 6) is 0.460. The Hall–Kier alpha value is -2.25. The number of benzene rings is 1. The van der Waals surface area contributed by atoms with Gasteiger partial charge in [-0.15, -0.1) is 0 Å². The number of carbonyl (C=O) groups excluding carboxylic acids is 1. The zero-order chi connectivity index (χ0) is 18.2. The van der Waals surface area contributed by atoms with E-state index in [1.807, 2.05) is 0 Å². The number of halogens is 1. The highest BCUT2D eigenvalue weighted by Crippen LogP contribution is 2.23. The van der Waals surface area contributed by atoms with Crippen molar-refractivity contribution in [2.75, 3.05) is 39.3 Å². The molecule has 0 bridgehead atoms. The van der Waals surface area contributed by atoms with Crippen LogP contribution in [-0.2, 0) is 11.2 Å². The summed E-state index contributed by atoms with van der Waals surface area (Å²) in [5.41, 5.74) is 0.378. The zero-order valence-corrected chi connectivity index (χ0v) is 14.8. The summed E-state index contributed by atoms with van der Waals surface area (Å²) in [6, 6.07) is 6.40. The SMILES string of the molecule is O=C(CCc1ncc(-c2ccccc2F)o1)NCCCN1CCNCC1. The van der Waals surface area contributed by atoms with E-state index in [1.165, 1.54) is 12.3 Å². The van der Waals surface area contributed by atoms with Gasteiger partial charge in [0, 0.05) is 45.6 Å². The van der Waals surface area contributed by atoms with Gasteiger partial charge in [0.15, 0.2) is 11.7 Å². The van der Waals surface area contributed by atoms with Crippen LogP contribution < -0.4 is 10.6 Å². The minimum Gasteiger partial charge on any atom is -0.441 e. The molecule has 26 heavy (non-hydrogen) atoms. The number of rotatable bonds is 8. The molecule has 1 aromatic heterocycles. The average Bonchev–Trinajstić information content (AvgIpc) is 3.13. The summed E-state index contributed by atoms with van der Waals surface area (Å²) in [6.07, 6.45) is 3.16. The number of nitrogens with zero attached hydrogens (tertiary/aromatic N) is 2. The summed E-state index contributed by atoms with van der Waals surface area (Å²) < 4.78 is 19.3. The molecule has 0 aliphatic carbocycles. The second-order valence-electron chi connectivity index (χ2n) is 6.39. The van der Waals surface area contributed by atoms with Gasteiger partial charge in [-0.25, -0.2) is 9.37 Å². The maximum absolute atomic E-state index is 13.7. The summed E-state index contributed by atoms with van der Waals surface area (Å²) in [4.78, 5) is 18.5. The van der Waals surface area contributed by atoms with E-state index in [4.69, 9.17) is 4.42 Å². The van der Waals surface area contributed by atoms with Crippen molar-refractivity contribution in [3.63, 3.8) is 0 Å². The summed E-state index contributed by atoms with van der Waals surface area (Å²) in [5, 5.41) is 6.25. The van der Waals surface area contributed by atoms with Crippen LogP contribution in [0.15, 0.2) is 34.9 Å². The van der Waals surface area contributed by atoms with Gasteiger partial charge in [0.2, 0.25) is 5.91 Å². The Morgan fingerprint density at radius 3 is 2.92 bits per heavy atom. The van der Waals surface area contributed by atoms with Gasteiger partial charge in [-0.2, -0.15) is 0 Å². The van der Waals surface area contributed by atoms with E-state index in [0.29, 0.717) is 36.6 Å². The molecule has 2 heterocycles. The molecule has 0 saturated carbocycles. The highest BCUT2D eigenvalue weighted by atomic mass is 19.1. The third kappa shape index (κ3) is 5.37. The quantitative estimate of drug-likeness (QED) is 0.703. The van der Waals surface area contributed by atoms with Crippen molar-refractivity contribution < 1.29 is 13.6 Å². The Bertz CT molecular complexity index is 713. The third-order valence-electron chi connectivity index (χ3n) is 4.44. The van der Waals surface area contributed by atoms with E-state index in [-0.39, 0.29) is 11.7 Å². The summed E-state index contributed by atoms with van der Waals surface area (Å²) in [7, 11) is 0. The lowest BCUT2D eigenvalue weighted by Crippen LogP contribution is -2.44. The molecule has 1 aliphatic heterocycles. The monoisotopic (exact) mass is 360 g/mol. The Morgan fingerprint density at radius 2 is 2.12 bits per heavy atom. The second-order valence-corrected chi connectivity index (χ2v) is 6.39. The van der Waals surface area contributed by atoms with E-state index in [1.54, 1.807) is 18.2 Å². The van der Waals surface area contributed by atoms with Crippen molar-refractivity contribution in [2.24, 2.45) is 0 Å². The second kappa shape index (κ2) is 9.45. The zero-order valence-electron chi connectivity index (χ0n) is 14.8. The number of aryl methyl sites for hydroxylation is 1. The minimum absolute atomic E-state index is 0.0176. The molecule has 2 N–H and O–H groups in total. The maximum Gasteiger partial charge on any atom is 0.220 e. The standard InChI is InChI=1S/C19H25FN4O2/c20-16-5-2-1-4-15(16)17-14-23-19(26-17)7-6-18(25)22-8-3-11-24-12-9-21-10-13-24/h1-2,4-5,14,21H,3,6-13H2,(H,22,25). The van der Waals surface area contributed by atoms with Gasteiger partial charge >= 0.3 is 0 Å². The van der Waals surface area contributed by atoms with Crippen LogP contribution in [0.3, 0.4) is 0 Å². The van der Waals surface area contributed by atoms with Crippen LogP contribution in [0.1, 0.15) is 18.7 Å². The molecule has 6 nitrogen and oxygen atoms in total. The molecule has 0 atom stereocenters. The van der Waals surface area contributed by atoms with Crippen molar-refractivity contribution in [3.05, 3.63) is 42.2 Å². The Labute approximate surface area is 152 Å². The molecule has 0 unspecified atom stereocenters. The predicted octanol–water partition coefficient (Wildman–Crippen LogP) is 1.82. The maximum atomic E-state index is 13.7. The minimum atomic E-state index is -0.350. The van der Waals surface area contributed by atoms with Gasteiger partial charge in [-0.3, -0.25) is 4.79 Å². The molecular weight excluding hydrogens is 335 g/mol. The van der Waals surface area contributed by atoms with Crippen LogP contribution in [0.4, 0.5) is 4.39 Å². The molecule has 1 aliphatic rings. The molecule has 1 amide bonds. The van der Waals surface area contributed by atoms with Crippen LogP contribution >= 0.6 is 0 Å². The van der Waals surface area contributed by atoms with Crippen LogP contribution in [0.5, 0.6) is 0 Å². The van der Waals surface area contributed by atoms with E-state index in [9.17, 15) is 9.18 Å².